The molecule has 2 aromatic rings. The highest BCUT2D eigenvalue weighted by molar-refractivity contribution is 7.87. The van der Waals surface area contributed by atoms with Crippen LogP contribution in [0, 0.1) is 0 Å². The third-order valence-electron chi connectivity index (χ3n) is 4.30. The minimum atomic E-state index is -3.62. The summed E-state index contributed by atoms with van der Waals surface area (Å²) in [6.07, 6.45) is 3.08. The number of furan rings is 1. The SMILES string of the molecule is COC1CCN(S(=O)(=O)NC(c2ccccc2)c2ccco2)CC1. The van der Waals surface area contributed by atoms with E-state index in [1.54, 1.807) is 25.5 Å². The summed E-state index contributed by atoms with van der Waals surface area (Å²) in [4.78, 5) is 0. The van der Waals surface area contributed by atoms with Gasteiger partial charge in [0.1, 0.15) is 11.8 Å². The van der Waals surface area contributed by atoms with Crippen LogP contribution in [0.15, 0.2) is 53.1 Å². The van der Waals surface area contributed by atoms with Crippen molar-refractivity contribution >= 4 is 10.2 Å². The molecule has 0 aliphatic carbocycles. The minimum absolute atomic E-state index is 0.131. The predicted molar refractivity (Wildman–Crippen MR) is 90.7 cm³/mol. The molecule has 1 fully saturated rings. The monoisotopic (exact) mass is 350 g/mol. The molecule has 1 aliphatic heterocycles. The van der Waals surface area contributed by atoms with Gasteiger partial charge in [-0.3, -0.25) is 0 Å². The Morgan fingerprint density at radius 2 is 1.88 bits per heavy atom. The van der Waals surface area contributed by atoms with Gasteiger partial charge < -0.3 is 9.15 Å². The highest BCUT2D eigenvalue weighted by atomic mass is 32.2. The lowest BCUT2D eigenvalue weighted by atomic mass is 10.1. The van der Waals surface area contributed by atoms with Crippen molar-refractivity contribution in [3.05, 3.63) is 60.1 Å². The second-order valence-electron chi connectivity index (χ2n) is 5.82. The van der Waals surface area contributed by atoms with Crippen LogP contribution in [0.4, 0.5) is 0 Å². The van der Waals surface area contributed by atoms with E-state index in [4.69, 9.17) is 9.15 Å². The van der Waals surface area contributed by atoms with Gasteiger partial charge in [-0.15, -0.1) is 0 Å². The van der Waals surface area contributed by atoms with E-state index in [9.17, 15) is 8.42 Å². The van der Waals surface area contributed by atoms with E-state index >= 15 is 0 Å². The summed E-state index contributed by atoms with van der Waals surface area (Å²) >= 11 is 0. The van der Waals surface area contributed by atoms with Crippen molar-refractivity contribution in [2.75, 3.05) is 20.2 Å². The number of nitrogens with zero attached hydrogens (tertiary/aromatic N) is 1. The van der Waals surface area contributed by atoms with Gasteiger partial charge in [-0.1, -0.05) is 30.3 Å². The predicted octanol–water partition coefficient (Wildman–Crippen LogP) is 2.31. The smallest absolute Gasteiger partial charge is 0.280 e. The Balaban J connectivity index is 1.80. The van der Waals surface area contributed by atoms with Gasteiger partial charge in [0.15, 0.2) is 0 Å². The van der Waals surface area contributed by atoms with E-state index < -0.39 is 16.3 Å². The second kappa shape index (κ2) is 7.48. The summed E-state index contributed by atoms with van der Waals surface area (Å²) in [5, 5.41) is 0. The molecule has 0 spiro atoms. The van der Waals surface area contributed by atoms with Gasteiger partial charge in [-0.25, -0.2) is 0 Å². The molecule has 1 atom stereocenters. The fraction of sp³-hybridized carbons (Fsp3) is 0.412. The quantitative estimate of drug-likeness (QED) is 0.868. The molecular formula is C17H22N2O4S. The van der Waals surface area contributed by atoms with Crippen LogP contribution in [0.2, 0.25) is 0 Å². The third kappa shape index (κ3) is 3.87. The molecule has 3 rings (SSSR count). The molecule has 1 aromatic carbocycles. The van der Waals surface area contributed by atoms with Crippen LogP contribution in [0.25, 0.3) is 0 Å². The van der Waals surface area contributed by atoms with E-state index in [1.165, 1.54) is 4.31 Å². The van der Waals surface area contributed by atoms with Crippen molar-refractivity contribution in [2.45, 2.75) is 25.0 Å². The Bertz CT molecular complexity index is 723. The van der Waals surface area contributed by atoms with Crippen molar-refractivity contribution < 1.29 is 17.6 Å². The number of hydrogen-bond donors (Lipinski definition) is 1. The summed E-state index contributed by atoms with van der Waals surface area (Å²) in [6.45, 7) is 0.904. The molecule has 0 radical (unpaired) electrons. The lowest BCUT2D eigenvalue weighted by Crippen LogP contribution is -2.47. The van der Waals surface area contributed by atoms with Gasteiger partial charge in [0.25, 0.3) is 10.2 Å². The maximum absolute atomic E-state index is 12.8. The normalized spacial score (nSPS) is 18.5. The Labute approximate surface area is 142 Å². The van der Waals surface area contributed by atoms with Crippen molar-refractivity contribution in [3.8, 4) is 0 Å². The largest absolute Gasteiger partial charge is 0.467 e. The van der Waals surface area contributed by atoms with Crippen LogP contribution in [0.1, 0.15) is 30.2 Å². The van der Waals surface area contributed by atoms with Crippen molar-refractivity contribution in [1.29, 1.82) is 0 Å². The molecule has 0 amide bonds. The topological polar surface area (TPSA) is 71.8 Å². The Hall–Kier alpha value is -1.67. The van der Waals surface area contributed by atoms with Crippen LogP contribution in [-0.4, -0.2) is 39.0 Å². The maximum Gasteiger partial charge on any atom is 0.280 e. The summed E-state index contributed by atoms with van der Waals surface area (Å²) in [5.41, 5.74) is 0.836. The average molecular weight is 350 g/mol. The van der Waals surface area contributed by atoms with E-state index in [-0.39, 0.29) is 6.10 Å². The first-order valence-corrected chi connectivity index (χ1v) is 9.42. The summed E-state index contributed by atoms with van der Waals surface area (Å²) in [7, 11) is -1.96. The van der Waals surface area contributed by atoms with Crippen LogP contribution < -0.4 is 4.72 Å². The molecule has 0 saturated carbocycles. The van der Waals surface area contributed by atoms with E-state index in [0.717, 1.165) is 5.56 Å². The van der Waals surface area contributed by atoms with Gasteiger partial charge in [0.05, 0.1) is 12.4 Å². The first kappa shape index (κ1) is 17.2. The van der Waals surface area contributed by atoms with Crippen molar-refractivity contribution in [3.63, 3.8) is 0 Å². The molecule has 1 saturated heterocycles. The first-order valence-electron chi connectivity index (χ1n) is 7.98. The number of benzene rings is 1. The number of ether oxygens (including phenoxy) is 1. The highest BCUT2D eigenvalue weighted by Crippen LogP contribution is 2.25. The van der Waals surface area contributed by atoms with Crippen molar-refractivity contribution in [1.82, 2.24) is 9.03 Å². The Morgan fingerprint density at radius 1 is 1.17 bits per heavy atom. The summed E-state index contributed by atoms with van der Waals surface area (Å²) < 4.78 is 40.6. The fourth-order valence-electron chi connectivity index (χ4n) is 2.92. The van der Waals surface area contributed by atoms with Crippen molar-refractivity contribution in [2.24, 2.45) is 0 Å². The van der Waals surface area contributed by atoms with Gasteiger partial charge in [0, 0.05) is 20.2 Å². The standard InChI is InChI=1S/C17H22N2O4S/c1-22-15-9-11-19(12-10-15)24(20,21)18-17(16-8-5-13-23-16)14-6-3-2-4-7-14/h2-8,13,15,17-18H,9-12H2,1H3. The zero-order valence-electron chi connectivity index (χ0n) is 13.6. The molecule has 1 aliphatic rings. The third-order valence-corrected chi connectivity index (χ3v) is 5.88. The van der Waals surface area contributed by atoms with Crippen LogP contribution in [0.5, 0.6) is 0 Å². The molecular weight excluding hydrogens is 328 g/mol. The second-order valence-corrected chi connectivity index (χ2v) is 7.52. The molecule has 1 N–H and O–H groups in total. The lowest BCUT2D eigenvalue weighted by molar-refractivity contribution is 0.0601. The maximum atomic E-state index is 12.8. The molecule has 7 heteroatoms. The zero-order chi connectivity index (χ0) is 17.0. The summed E-state index contributed by atoms with van der Waals surface area (Å²) in [5.74, 6) is 0.566. The molecule has 24 heavy (non-hydrogen) atoms. The van der Waals surface area contributed by atoms with Gasteiger partial charge in [-0.05, 0) is 30.5 Å². The Morgan fingerprint density at radius 3 is 2.46 bits per heavy atom. The minimum Gasteiger partial charge on any atom is -0.467 e. The van der Waals surface area contributed by atoms with Gasteiger partial charge >= 0.3 is 0 Å². The summed E-state index contributed by atoms with van der Waals surface area (Å²) in [6, 6.07) is 12.4. The number of nitrogens with one attached hydrogen (secondary N) is 1. The van der Waals surface area contributed by atoms with E-state index in [1.807, 2.05) is 30.3 Å². The van der Waals surface area contributed by atoms with E-state index in [2.05, 4.69) is 4.72 Å². The number of rotatable bonds is 6. The number of hydrogen-bond acceptors (Lipinski definition) is 4. The average Bonchev–Trinajstić information content (AvgIpc) is 3.15. The molecule has 130 valence electrons. The van der Waals surface area contributed by atoms with Gasteiger partial charge in [0.2, 0.25) is 0 Å². The highest BCUT2D eigenvalue weighted by Gasteiger charge is 2.31. The lowest BCUT2D eigenvalue weighted by Gasteiger charge is -2.31. The van der Waals surface area contributed by atoms with E-state index in [0.29, 0.717) is 31.7 Å². The first-order chi connectivity index (χ1) is 11.6. The van der Waals surface area contributed by atoms with Crippen LogP contribution in [0.3, 0.4) is 0 Å². The molecule has 6 nitrogen and oxygen atoms in total. The molecule has 2 heterocycles. The van der Waals surface area contributed by atoms with Crippen LogP contribution >= 0.6 is 0 Å². The molecule has 0 bridgehead atoms. The number of methoxy groups -OCH3 is 1. The molecule has 1 unspecified atom stereocenters. The van der Waals surface area contributed by atoms with Crippen LogP contribution in [-0.2, 0) is 14.9 Å². The fourth-order valence-corrected chi connectivity index (χ4v) is 4.31. The zero-order valence-corrected chi connectivity index (χ0v) is 14.4. The number of piperidine rings is 1. The van der Waals surface area contributed by atoms with Gasteiger partial charge in [-0.2, -0.15) is 17.4 Å². The Kier molecular flexibility index (Phi) is 5.35. The molecule has 1 aromatic heterocycles.